The van der Waals surface area contributed by atoms with Gasteiger partial charge in [0, 0.05) is 87.0 Å². The molecule has 4 aromatic rings. The van der Waals surface area contributed by atoms with E-state index in [0.29, 0.717) is 66.0 Å². The normalized spacial score (nSPS) is 20.6. The molecule has 8 rings (SSSR count). The number of fused-ring (bicyclic) bond motifs is 1. The Bertz CT molecular complexity index is 2770. The first kappa shape index (κ1) is 50.1. The number of hydrogen-bond donors (Lipinski definition) is 2. The van der Waals surface area contributed by atoms with Crippen LogP contribution in [0, 0.1) is 11.2 Å². The van der Waals surface area contributed by atoms with Crippen molar-refractivity contribution in [2.45, 2.75) is 97.6 Å². The van der Waals surface area contributed by atoms with E-state index in [9.17, 15) is 35.8 Å². The maximum atomic E-state index is 14.6. The zero-order valence-corrected chi connectivity index (χ0v) is 42.4. The van der Waals surface area contributed by atoms with Crippen molar-refractivity contribution >= 4 is 60.3 Å². The van der Waals surface area contributed by atoms with Gasteiger partial charge >= 0.3 is 5.51 Å². The van der Waals surface area contributed by atoms with Crippen molar-refractivity contribution in [1.82, 2.24) is 29.6 Å². The molecule has 1 aliphatic carbocycles. The molecule has 0 unspecified atom stereocenters. The molecule has 4 aliphatic rings. The van der Waals surface area contributed by atoms with Crippen LogP contribution in [-0.2, 0) is 32.8 Å². The number of nitrogens with zero attached hydrogens (tertiary/aromatic N) is 6. The zero-order chi connectivity index (χ0) is 50.1. The van der Waals surface area contributed by atoms with Crippen LogP contribution in [0.25, 0.3) is 5.57 Å². The highest BCUT2D eigenvalue weighted by molar-refractivity contribution is 7.99. The molecule has 2 N–H and O–H groups in total. The minimum absolute atomic E-state index is 0.0736. The highest BCUT2D eigenvalue weighted by atomic mass is 35.5. The van der Waals surface area contributed by atoms with Gasteiger partial charge in [0.05, 0.1) is 16.3 Å². The fourth-order valence-corrected chi connectivity index (χ4v) is 12.9. The van der Waals surface area contributed by atoms with E-state index >= 15 is 0 Å². The molecule has 0 bridgehead atoms. The molecule has 1 aromatic heterocycles. The number of thioether (sulfide) groups is 1. The molecule has 0 saturated carbocycles. The van der Waals surface area contributed by atoms with Crippen LogP contribution in [0.2, 0.25) is 5.02 Å². The molecule has 3 aliphatic heterocycles. The Morgan fingerprint density at radius 3 is 2.36 bits per heavy atom. The standard InChI is InChI=1S/C49H61ClF4N8O4S3/c1-48(2)19-14-35(41(29-48)34-8-10-36(50)11-9-34)30-61-21-16-38(17-22-61)62-23-18-40-44(31-62)55-33-56-47(40)58-69(65,66)39-12-13-43(46(28-39)68(63,64)49(52,53)54)57-37(15-20-60-26-24-59(3)25-27-60)32-67-45-7-5-4-6-42(45)51/h4-13,28,33,37-38,57H,14-27,29-32H2,1-3H3,(H,55,56,58)/t37-/m1/s1/i38D. The molecule has 0 radical (unpaired) electrons. The van der Waals surface area contributed by atoms with Gasteiger partial charge in [-0.1, -0.05) is 55.3 Å². The monoisotopic (exact) mass is 1030 g/mol. The second-order valence-corrected chi connectivity index (χ2v) is 24.4. The molecule has 0 amide bonds. The maximum Gasteiger partial charge on any atom is 0.501 e. The first-order valence-electron chi connectivity index (χ1n) is 23.9. The minimum Gasteiger partial charge on any atom is -0.380 e. The van der Waals surface area contributed by atoms with Crippen molar-refractivity contribution in [2.75, 3.05) is 81.7 Å². The van der Waals surface area contributed by atoms with E-state index in [2.05, 4.69) is 65.6 Å². The smallest absolute Gasteiger partial charge is 0.380 e. The van der Waals surface area contributed by atoms with Crippen LogP contribution in [0.5, 0.6) is 0 Å². The highest BCUT2D eigenvalue weighted by Crippen LogP contribution is 2.44. The van der Waals surface area contributed by atoms with E-state index in [1.54, 1.807) is 18.2 Å². The number of likely N-dealkylation sites (N-methyl/N-ethyl adjacent to an activating group) is 1. The van der Waals surface area contributed by atoms with Crippen molar-refractivity contribution in [3.8, 4) is 0 Å². The summed E-state index contributed by atoms with van der Waals surface area (Å²) in [6.45, 7) is 11.3. The van der Waals surface area contributed by atoms with Crippen LogP contribution in [0.15, 0.2) is 93.3 Å². The Morgan fingerprint density at radius 2 is 1.65 bits per heavy atom. The van der Waals surface area contributed by atoms with Crippen molar-refractivity contribution in [2.24, 2.45) is 5.41 Å². The number of allylic oxidation sites excluding steroid dienone is 1. The van der Waals surface area contributed by atoms with Crippen molar-refractivity contribution in [3.05, 3.63) is 106 Å². The summed E-state index contributed by atoms with van der Waals surface area (Å²) in [5.74, 6) is -0.374. The van der Waals surface area contributed by atoms with E-state index in [1.807, 2.05) is 19.2 Å². The second-order valence-electron chi connectivity index (χ2n) is 19.3. The third-order valence-corrected chi connectivity index (χ3v) is 18.1. The summed E-state index contributed by atoms with van der Waals surface area (Å²) in [5.41, 5.74) is -0.984. The number of anilines is 2. The van der Waals surface area contributed by atoms with Gasteiger partial charge in [0.25, 0.3) is 19.9 Å². The number of alkyl halides is 3. The van der Waals surface area contributed by atoms with Gasteiger partial charge in [-0.3, -0.25) is 14.5 Å². The van der Waals surface area contributed by atoms with Gasteiger partial charge in [-0.05, 0) is 124 Å². The van der Waals surface area contributed by atoms with Crippen molar-refractivity contribution in [1.29, 1.82) is 0 Å². The molecule has 69 heavy (non-hydrogen) atoms. The van der Waals surface area contributed by atoms with Crippen LogP contribution in [0.3, 0.4) is 0 Å². The summed E-state index contributed by atoms with van der Waals surface area (Å²) in [5, 5.41) is 3.68. The molecule has 0 spiro atoms. The first-order valence-corrected chi connectivity index (χ1v) is 27.7. The molecule has 2 saturated heterocycles. The number of rotatable bonds is 16. The van der Waals surface area contributed by atoms with Crippen LogP contribution in [-0.4, -0.2) is 136 Å². The van der Waals surface area contributed by atoms with Gasteiger partial charge in [-0.15, -0.1) is 11.8 Å². The summed E-state index contributed by atoms with van der Waals surface area (Å²) >= 11 is 7.37. The first-order chi connectivity index (χ1) is 33.1. The van der Waals surface area contributed by atoms with Gasteiger partial charge in [-0.2, -0.15) is 13.2 Å². The van der Waals surface area contributed by atoms with E-state index in [1.165, 1.54) is 29.1 Å². The number of piperazine rings is 1. The molecule has 4 heterocycles. The Labute approximate surface area is 414 Å². The van der Waals surface area contributed by atoms with Crippen molar-refractivity contribution < 1.29 is 35.8 Å². The lowest BCUT2D eigenvalue weighted by molar-refractivity contribution is -0.0435. The lowest BCUT2D eigenvalue weighted by Crippen LogP contribution is -2.47. The number of aromatic nitrogens is 2. The van der Waals surface area contributed by atoms with E-state index in [4.69, 9.17) is 11.6 Å². The molecule has 20 heteroatoms. The summed E-state index contributed by atoms with van der Waals surface area (Å²) in [6.07, 6.45) is 6.15. The van der Waals surface area contributed by atoms with Gasteiger partial charge in [0.15, 0.2) is 0 Å². The third-order valence-electron chi connectivity index (χ3n) is 13.8. The molecular formula is C49H61ClF4N8O4S3. The van der Waals surface area contributed by atoms with E-state index in [-0.39, 0.29) is 23.5 Å². The lowest BCUT2D eigenvalue weighted by Gasteiger charge is -2.41. The number of halogens is 5. The molecule has 3 aromatic carbocycles. The van der Waals surface area contributed by atoms with Gasteiger partial charge in [-0.25, -0.2) is 31.2 Å². The van der Waals surface area contributed by atoms with E-state index < -0.39 is 58.7 Å². The number of likely N-dealkylation sites (tertiary alicyclic amines) is 1. The molecule has 1 atom stereocenters. The summed E-state index contributed by atoms with van der Waals surface area (Å²) in [4.78, 5) is 15.9. The minimum atomic E-state index is -6.09. The zero-order valence-electron chi connectivity index (χ0n) is 40.2. The second kappa shape index (κ2) is 21.5. The Morgan fingerprint density at radius 1 is 0.928 bits per heavy atom. The number of piperidine rings is 1. The predicted octanol–water partition coefficient (Wildman–Crippen LogP) is 9.06. The molecule has 2 fully saturated rings. The number of sulfonamides is 1. The molecular weight excluding hydrogens is 972 g/mol. The summed E-state index contributed by atoms with van der Waals surface area (Å²) < 4.78 is 124. The highest BCUT2D eigenvalue weighted by Gasteiger charge is 2.48. The lowest BCUT2D eigenvalue weighted by atomic mass is 9.72. The summed E-state index contributed by atoms with van der Waals surface area (Å²) in [7, 11) is -8.79. The van der Waals surface area contributed by atoms with Crippen molar-refractivity contribution in [3.63, 3.8) is 0 Å². The largest absolute Gasteiger partial charge is 0.501 e. The quantitative estimate of drug-likeness (QED) is 0.0821. The summed E-state index contributed by atoms with van der Waals surface area (Å²) in [6, 6.07) is 15.2. The SMILES string of the molecule is [2H]C1(N2CCc3c(ncnc3NS(=O)(=O)c3ccc(N[C@H](CCN4CCN(C)CC4)CSc4ccccc4F)c(S(=O)(=O)C(F)(F)F)c3)C2)CCN(CC2=C(c3ccc(Cl)cc3)CC(C)(C)CC2)CC1. The molecule has 12 nitrogen and oxygen atoms in total. The Balaban J connectivity index is 0.969. The number of benzene rings is 3. The Hall–Kier alpha value is -3.82. The Kier molecular flexibility index (Phi) is 15.6. The fourth-order valence-electron chi connectivity index (χ4n) is 9.63. The van der Waals surface area contributed by atoms with E-state index in [0.717, 1.165) is 89.0 Å². The topological polar surface area (TPSA) is 131 Å². The van der Waals surface area contributed by atoms with Crippen LogP contribution in [0.1, 0.15) is 70.6 Å². The predicted molar refractivity (Wildman–Crippen MR) is 265 cm³/mol. The van der Waals surface area contributed by atoms with Crippen LogP contribution >= 0.6 is 23.4 Å². The number of hydrogen-bond acceptors (Lipinski definition) is 12. The number of sulfone groups is 1. The van der Waals surface area contributed by atoms with Gasteiger partial charge in [0.1, 0.15) is 22.9 Å². The van der Waals surface area contributed by atoms with Crippen LogP contribution < -0.4 is 10.0 Å². The van der Waals surface area contributed by atoms with Crippen LogP contribution in [0.4, 0.5) is 29.1 Å². The maximum absolute atomic E-state index is 14.6. The third kappa shape index (κ3) is 12.6. The number of nitrogens with one attached hydrogen (secondary N) is 2. The molecule has 374 valence electrons. The average molecular weight is 1030 g/mol. The fraction of sp³-hybridized carbons (Fsp3) is 0.510. The average Bonchev–Trinajstić information content (AvgIpc) is 3.32. The van der Waals surface area contributed by atoms with Gasteiger partial charge < -0.3 is 15.1 Å². The van der Waals surface area contributed by atoms with Gasteiger partial charge in [0.2, 0.25) is 0 Å².